The van der Waals surface area contributed by atoms with Crippen LogP contribution in [0.3, 0.4) is 0 Å². The summed E-state index contributed by atoms with van der Waals surface area (Å²) in [5, 5.41) is 0. The summed E-state index contributed by atoms with van der Waals surface area (Å²) in [7, 11) is 3.05. The molecule has 0 aliphatic carbocycles. The molecule has 0 bridgehead atoms. The highest BCUT2D eigenvalue weighted by Crippen LogP contribution is 2.27. The van der Waals surface area contributed by atoms with E-state index in [0.29, 0.717) is 19.6 Å². The standard InChI is InChI=1S/C9H18N2O3/c1-13-8(12)11-6-4-9(7-11,14-2)3-5-10/h3-7,10H2,1-2H3. The third-order valence-electron chi connectivity index (χ3n) is 2.78. The smallest absolute Gasteiger partial charge is 0.409 e. The van der Waals surface area contributed by atoms with Gasteiger partial charge in [0.2, 0.25) is 0 Å². The molecule has 1 aliphatic heterocycles. The molecule has 0 radical (unpaired) electrons. The Morgan fingerprint density at radius 2 is 2.29 bits per heavy atom. The molecule has 82 valence electrons. The fraction of sp³-hybridized carbons (Fsp3) is 0.889. The first-order chi connectivity index (χ1) is 6.67. The maximum absolute atomic E-state index is 11.2. The number of nitrogens with two attached hydrogens (primary N) is 1. The predicted molar refractivity (Wildman–Crippen MR) is 52.0 cm³/mol. The van der Waals surface area contributed by atoms with Crippen LogP contribution in [0.25, 0.3) is 0 Å². The average molecular weight is 202 g/mol. The Kier molecular flexibility index (Phi) is 3.71. The molecule has 1 saturated heterocycles. The molecule has 0 saturated carbocycles. The molecule has 5 heteroatoms. The largest absolute Gasteiger partial charge is 0.453 e. The number of methoxy groups -OCH3 is 2. The van der Waals surface area contributed by atoms with Gasteiger partial charge in [0.1, 0.15) is 0 Å². The van der Waals surface area contributed by atoms with Crippen molar-refractivity contribution < 1.29 is 14.3 Å². The van der Waals surface area contributed by atoms with Crippen LogP contribution in [0.1, 0.15) is 12.8 Å². The maximum atomic E-state index is 11.2. The summed E-state index contributed by atoms with van der Waals surface area (Å²) < 4.78 is 10.1. The Labute approximate surface area is 84.1 Å². The number of amides is 1. The van der Waals surface area contributed by atoms with Crippen LogP contribution in [-0.4, -0.2) is 50.4 Å². The molecule has 2 N–H and O–H groups in total. The van der Waals surface area contributed by atoms with Crippen molar-refractivity contribution in [1.29, 1.82) is 0 Å². The normalized spacial score (nSPS) is 26.6. The van der Waals surface area contributed by atoms with Crippen LogP contribution < -0.4 is 5.73 Å². The zero-order valence-corrected chi connectivity index (χ0v) is 8.78. The van der Waals surface area contributed by atoms with Crippen molar-refractivity contribution in [2.45, 2.75) is 18.4 Å². The van der Waals surface area contributed by atoms with Crippen molar-refractivity contribution in [1.82, 2.24) is 4.90 Å². The number of ether oxygens (including phenoxy) is 2. The maximum Gasteiger partial charge on any atom is 0.409 e. The van der Waals surface area contributed by atoms with Crippen molar-refractivity contribution in [2.24, 2.45) is 5.73 Å². The molecule has 1 rings (SSSR count). The number of hydrogen-bond donors (Lipinski definition) is 1. The van der Waals surface area contributed by atoms with E-state index in [4.69, 9.17) is 10.5 Å². The number of rotatable bonds is 3. The molecule has 0 aromatic heterocycles. The minimum absolute atomic E-state index is 0.261. The highest BCUT2D eigenvalue weighted by atomic mass is 16.5. The van der Waals surface area contributed by atoms with E-state index in [9.17, 15) is 4.79 Å². The summed E-state index contributed by atoms with van der Waals surface area (Å²) in [6.45, 7) is 1.83. The van der Waals surface area contributed by atoms with Gasteiger partial charge in [0.25, 0.3) is 0 Å². The summed E-state index contributed by atoms with van der Waals surface area (Å²) in [5.41, 5.74) is 5.25. The van der Waals surface area contributed by atoms with Gasteiger partial charge >= 0.3 is 6.09 Å². The molecule has 1 amide bonds. The van der Waals surface area contributed by atoms with Gasteiger partial charge in [-0.25, -0.2) is 4.79 Å². The lowest BCUT2D eigenvalue weighted by Gasteiger charge is -2.26. The van der Waals surface area contributed by atoms with E-state index in [2.05, 4.69) is 4.74 Å². The molecule has 1 fully saturated rings. The predicted octanol–water partition coefficient (Wildman–Crippen LogP) is 0.193. The molecule has 1 heterocycles. The van der Waals surface area contributed by atoms with Gasteiger partial charge in [-0.1, -0.05) is 0 Å². The van der Waals surface area contributed by atoms with Crippen LogP contribution in [0.2, 0.25) is 0 Å². The minimum Gasteiger partial charge on any atom is -0.453 e. The second-order valence-electron chi connectivity index (χ2n) is 3.57. The second kappa shape index (κ2) is 4.61. The van der Waals surface area contributed by atoms with Gasteiger partial charge in [0.05, 0.1) is 19.3 Å². The molecule has 1 atom stereocenters. The number of carbonyl (C=O) groups is 1. The molecular formula is C9H18N2O3. The molecule has 0 aromatic carbocycles. The van der Waals surface area contributed by atoms with Crippen molar-refractivity contribution in [3.8, 4) is 0 Å². The third-order valence-corrected chi connectivity index (χ3v) is 2.78. The molecule has 5 nitrogen and oxygen atoms in total. The molecule has 14 heavy (non-hydrogen) atoms. The van der Waals surface area contributed by atoms with Crippen LogP contribution in [0, 0.1) is 0 Å². The van der Waals surface area contributed by atoms with Gasteiger partial charge in [0.15, 0.2) is 0 Å². The second-order valence-corrected chi connectivity index (χ2v) is 3.57. The monoisotopic (exact) mass is 202 g/mol. The van der Waals surface area contributed by atoms with Crippen molar-refractivity contribution in [2.75, 3.05) is 33.9 Å². The van der Waals surface area contributed by atoms with E-state index < -0.39 is 0 Å². The Morgan fingerprint density at radius 3 is 2.79 bits per heavy atom. The van der Waals surface area contributed by atoms with Crippen LogP contribution in [-0.2, 0) is 9.47 Å². The Bertz CT molecular complexity index is 210. The summed E-state index contributed by atoms with van der Waals surface area (Å²) >= 11 is 0. The molecular weight excluding hydrogens is 184 g/mol. The Hall–Kier alpha value is -0.810. The van der Waals surface area contributed by atoms with Crippen molar-refractivity contribution in [3.05, 3.63) is 0 Å². The van der Waals surface area contributed by atoms with Crippen LogP contribution >= 0.6 is 0 Å². The fourth-order valence-electron chi connectivity index (χ4n) is 1.87. The number of hydrogen-bond acceptors (Lipinski definition) is 4. The van der Waals surface area contributed by atoms with Gasteiger partial charge in [-0.15, -0.1) is 0 Å². The third kappa shape index (κ3) is 2.16. The summed E-state index contributed by atoms with van der Waals surface area (Å²) in [6.07, 6.45) is 1.31. The Morgan fingerprint density at radius 1 is 1.57 bits per heavy atom. The van der Waals surface area contributed by atoms with Gasteiger partial charge in [-0.05, 0) is 19.4 Å². The zero-order chi connectivity index (χ0) is 10.6. The first kappa shape index (κ1) is 11.3. The summed E-state index contributed by atoms with van der Waals surface area (Å²) in [5.74, 6) is 0. The van der Waals surface area contributed by atoms with Gasteiger partial charge in [-0.2, -0.15) is 0 Å². The first-order valence-electron chi connectivity index (χ1n) is 4.75. The van der Waals surface area contributed by atoms with E-state index in [-0.39, 0.29) is 11.7 Å². The first-order valence-corrected chi connectivity index (χ1v) is 4.75. The van der Waals surface area contributed by atoms with Crippen LogP contribution in [0.5, 0.6) is 0 Å². The highest BCUT2D eigenvalue weighted by Gasteiger charge is 2.39. The molecule has 1 unspecified atom stereocenters. The summed E-state index contributed by atoms with van der Waals surface area (Å²) in [6, 6.07) is 0. The molecule has 0 spiro atoms. The molecule has 1 aliphatic rings. The van der Waals surface area contributed by atoms with E-state index in [0.717, 1.165) is 12.8 Å². The van der Waals surface area contributed by atoms with Gasteiger partial charge in [-0.3, -0.25) is 0 Å². The molecule has 0 aromatic rings. The van der Waals surface area contributed by atoms with Crippen molar-refractivity contribution in [3.63, 3.8) is 0 Å². The number of nitrogens with zero attached hydrogens (tertiary/aromatic N) is 1. The van der Waals surface area contributed by atoms with E-state index >= 15 is 0 Å². The number of likely N-dealkylation sites (tertiary alicyclic amines) is 1. The van der Waals surface area contributed by atoms with E-state index in [1.165, 1.54) is 7.11 Å². The highest BCUT2D eigenvalue weighted by molar-refractivity contribution is 5.67. The van der Waals surface area contributed by atoms with E-state index in [1.807, 2.05) is 0 Å². The van der Waals surface area contributed by atoms with Gasteiger partial charge in [0, 0.05) is 13.7 Å². The van der Waals surface area contributed by atoms with Crippen LogP contribution in [0.4, 0.5) is 4.79 Å². The topological polar surface area (TPSA) is 64.8 Å². The lowest BCUT2D eigenvalue weighted by atomic mass is 9.99. The number of carbonyl (C=O) groups excluding carboxylic acids is 1. The minimum atomic E-state index is -0.291. The summed E-state index contributed by atoms with van der Waals surface area (Å²) in [4.78, 5) is 12.9. The lowest BCUT2D eigenvalue weighted by Crippen LogP contribution is -2.39. The quantitative estimate of drug-likeness (QED) is 0.709. The lowest BCUT2D eigenvalue weighted by molar-refractivity contribution is -0.00602. The van der Waals surface area contributed by atoms with Gasteiger partial charge < -0.3 is 20.1 Å². The fourth-order valence-corrected chi connectivity index (χ4v) is 1.87. The SMILES string of the molecule is COC(=O)N1CCC(CCN)(OC)C1. The average Bonchev–Trinajstić information content (AvgIpc) is 2.62. The zero-order valence-electron chi connectivity index (χ0n) is 8.78. The van der Waals surface area contributed by atoms with E-state index in [1.54, 1.807) is 12.0 Å². The Balaban J connectivity index is 2.56. The van der Waals surface area contributed by atoms with Crippen LogP contribution in [0.15, 0.2) is 0 Å². The van der Waals surface area contributed by atoms with Crippen molar-refractivity contribution >= 4 is 6.09 Å².